The van der Waals surface area contributed by atoms with Crippen molar-refractivity contribution in [1.82, 2.24) is 9.55 Å². The first-order valence-corrected chi connectivity index (χ1v) is 11.3. The van der Waals surface area contributed by atoms with Crippen molar-refractivity contribution in [1.29, 1.82) is 0 Å². The van der Waals surface area contributed by atoms with E-state index in [0.29, 0.717) is 19.8 Å². The molecule has 33 heavy (non-hydrogen) atoms. The number of rotatable bonds is 6. The van der Waals surface area contributed by atoms with Gasteiger partial charge < -0.3 is 19.1 Å². The van der Waals surface area contributed by atoms with Gasteiger partial charge in [0.2, 0.25) is 6.29 Å². The highest BCUT2D eigenvalue weighted by atomic mass is 16.7. The van der Waals surface area contributed by atoms with Gasteiger partial charge in [-0.1, -0.05) is 97.9 Å². The van der Waals surface area contributed by atoms with E-state index in [1.165, 1.54) is 5.56 Å². The molecule has 3 aromatic carbocycles. The molecule has 168 valence electrons. The van der Waals surface area contributed by atoms with Crippen LogP contribution in [0.25, 0.3) is 22.5 Å². The maximum atomic E-state index is 9.72. The largest absolute Gasteiger partial charge is 0.396 e. The van der Waals surface area contributed by atoms with Crippen molar-refractivity contribution in [2.45, 2.75) is 19.8 Å². The smallest absolute Gasteiger partial charge is 0.217 e. The summed E-state index contributed by atoms with van der Waals surface area (Å²) in [6, 6.07) is 30.9. The van der Waals surface area contributed by atoms with E-state index in [2.05, 4.69) is 41.0 Å². The van der Waals surface area contributed by atoms with Crippen molar-refractivity contribution in [3.8, 4) is 22.5 Å². The van der Waals surface area contributed by atoms with E-state index in [4.69, 9.17) is 14.5 Å². The predicted octanol–water partition coefficient (Wildman–Crippen LogP) is 5.31. The van der Waals surface area contributed by atoms with Crippen LogP contribution in [-0.2, 0) is 16.0 Å². The highest BCUT2D eigenvalue weighted by Gasteiger charge is 2.36. The van der Waals surface area contributed by atoms with Crippen LogP contribution in [-0.4, -0.2) is 34.5 Å². The Morgan fingerprint density at radius 1 is 0.848 bits per heavy atom. The lowest BCUT2D eigenvalue weighted by molar-refractivity contribution is -0.240. The third kappa shape index (κ3) is 4.48. The highest BCUT2D eigenvalue weighted by molar-refractivity contribution is 5.79. The van der Waals surface area contributed by atoms with E-state index in [-0.39, 0.29) is 6.61 Å². The van der Waals surface area contributed by atoms with E-state index < -0.39 is 11.7 Å². The summed E-state index contributed by atoms with van der Waals surface area (Å²) in [4.78, 5) is 5.10. The van der Waals surface area contributed by atoms with Crippen LogP contribution in [0.2, 0.25) is 0 Å². The fraction of sp³-hybridized carbons (Fsp3) is 0.250. The van der Waals surface area contributed by atoms with E-state index in [0.717, 1.165) is 28.3 Å². The Kier molecular flexibility index (Phi) is 6.09. The molecule has 1 aliphatic heterocycles. The van der Waals surface area contributed by atoms with Gasteiger partial charge in [-0.3, -0.25) is 0 Å². The fourth-order valence-electron chi connectivity index (χ4n) is 4.15. The van der Waals surface area contributed by atoms with E-state index in [1.54, 1.807) is 0 Å². The van der Waals surface area contributed by atoms with Crippen molar-refractivity contribution in [3.63, 3.8) is 0 Å². The Balaban J connectivity index is 1.67. The molecule has 1 N–H and O–H groups in total. The fourth-order valence-corrected chi connectivity index (χ4v) is 4.15. The van der Waals surface area contributed by atoms with Crippen LogP contribution in [0, 0.1) is 5.41 Å². The van der Waals surface area contributed by atoms with Gasteiger partial charge in [-0.2, -0.15) is 0 Å². The summed E-state index contributed by atoms with van der Waals surface area (Å²) in [6.45, 7) is 3.44. The van der Waals surface area contributed by atoms with Gasteiger partial charge in [0.25, 0.3) is 0 Å². The minimum atomic E-state index is -0.603. The van der Waals surface area contributed by atoms with E-state index in [1.807, 2.05) is 61.5 Å². The molecule has 0 spiro atoms. The Morgan fingerprint density at radius 3 is 1.97 bits per heavy atom. The molecular formula is C28H28N2O3. The lowest BCUT2D eigenvalue weighted by Crippen LogP contribution is -2.39. The minimum absolute atomic E-state index is 0.0166. The second kappa shape index (κ2) is 9.32. The molecule has 1 fully saturated rings. The van der Waals surface area contributed by atoms with Crippen LogP contribution < -0.4 is 0 Å². The summed E-state index contributed by atoms with van der Waals surface area (Å²) in [5.74, 6) is 0.733. The topological polar surface area (TPSA) is 56.5 Å². The van der Waals surface area contributed by atoms with Crippen LogP contribution in [0.1, 0.15) is 24.6 Å². The van der Waals surface area contributed by atoms with Gasteiger partial charge in [0.15, 0.2) is 5.82 Å². The first kappa shape index (κ1) is 21.6. The molecule has 2 heterocycles. The quantitative estimate of drug-likeness (QED) is 0.442. The first-order valence-electron chi connectivity index (χ1n) is 11.3. The van der Waals surface area contributed by atoms with Crippen LogP contribution in [0.15, 0.2) is 91.0 Å². The van der Waals surface area contributed by atoms with Crippen molar-refractivity contribution < 1.29 is 14.6 Å². The Hall–Kier alpha value is -3.25. The van der Waals surface area contributed by atoms with Crippen LogP contribution in [0.3, 0.4) is 0 Å². The SMILES string of the molecule is CC1(CO)COC(c2nc(-c3ccccc3)c(-c3ccccc3)n2Cc2ccccc2)OC1. The molecule has 5 nitrogen and oxygen atoms in total. The van der Waals surface area contributed by atoms with Gasteiger partial charge in [0, 0.05) is 23.1 Å². The van der Waals surface area contributed by atoms with E-state index in [9.17, 15) is 5.11 Å². The Labute approximate surface area is 194 Å². The number of nitrogens with zero attached hydrogens (tertiary/aromatic N) is 2. The first-order chi connectivity index (χ1) is 16.2. The molecule has 5 rings (SSSR count). The maximum Gasteiger partial charge on any atom is 0.217 e. The molecular weight excluding hydrogens is 412 g/mol. The molecule has 0 saturated carbocycles. The normalized spacial score (nSPS) is 20.6. The van der Waals surface area contributed by atoms with Crippen molar-refractivity contribution >= 4 is 0 Å². The van der Waals surface area contributed by atoms with Crippen LogP contribution in [0.4, 0.5) is 0 Å². The van der Waals surface area contributed by atoms with Gasteiger partial charge in [-0.15, -0.1) is 0 Å². The molecule has 0 aliphatic carbocycles. The molecule has 0 radical (unpaired) electrons. The summed E-state index contributed by atoms with van der Waals surface area (Å²) in [6.07, 6.45) is -0.603. The summed E-state index contributed by atoms with van der Waals surface area (Å²) in [7, 11) is 0. The van der Waals surface area contributed by atoms with Crippen molar-refractivity contribution in [3.05, 3.63) is 102 Å². The molecule has 1 saturated heterocycles. The van der Waals surface area contributed by atoms with Gasteiger partial charge in [0.05, 0.1) is 31.2 Å². The summed E-state index contributed by atoms with van der Waals surface area (Å²) in [5, 5.41) is 9.72. The van der Waals surface area contributed by atoms with Gasteiger partial charge in [0.1, 0.15) is 0 Å². The predicted molar refractivity (Wildman–Crippen MR) is 128 cm³/mol. The number of hydrogen-bond acceptors (Lipinski definition) is 4. The summed E-state index contributed by atoms with van der Waals surface area (Å²) >= 11 is 0. The molecule has 4 aromatic rings. The maximum absolute atomic E-state index is 9.72. The molecule has 0 amide bonds. The molecule has 1 aliphatic rings. The molecule has 5 heteroatoms. The monoisotopic (exact) mass is 440 g/mol. The average molecular weight is 441 g/mol. The lowest BCUT2D eigenvalue weighted by Gasteiger charge is -2.35. The molecule has 0 bridgehead atoms. The number of ether oxygens (including phenoxy) is 2. The van der Waals surface area contributed by atoms with Crippen LogP contribution in [0.5, 0.6) is 0 Å². The zero-order chi connectivity index (χ0) is 22.7. The number of aliphatic hydroxyl groups excluding tert-OH is 1. The van der Waals surface area contributed by atoms with Crippen LogP contribution >= 0.6 is 0 Å². The third-order valence-electron chi connectivity index (χ3n) is 6.03. The average Bonchev–Trinajstić information content (AvgIpc) is 3.25. The Morgan fingerprint density at radius 2 is 1.39 bits per heavy atom. The number of benzene rings is 3. The highest BCUT2D eigenvalue weighted by Crippen LogP contribution is 2.38. The second-order valence-electron chi connectivity index (χ2n) is 8.89. The zero-order valence-corrected chi connectivity index (χ0v) is 18.7. The number of imidazole rings is 1. The zero-order valence-electron chi connectivity index (χ0n) is 18.7. The van der Waals surface area contributed by atoms with Crippen molar-refractivity contribution in [2.75, 3.05) is 19.8 Å². The van der Waals surface area contributed by atoms with E-state index >= 15 is 0 Å². The second-order valence-corrected chi connectivity index (χ2v) is 8.89. The van der Waals surface area contributed by atoms with Gasteiger partial charge in [-0.05, 0) is 5.56 Å². The number of hydrogen-bond donors (Lipinski definition) is 1. The third-order valence-corrected chi connectivity index (χ3v) is 6.03. The summed E-state index contributed by atoms with van der Waals surface area (Å²) in [5.41, 5.74) is 4.82. The number of aliphatic hydroxyl groups is 1. The number of aromatic nitrogens is 2. The molecule has 0 atom stereocenters. The minimum Gasteiger partial charge on any atom is -0.396 e. The van der Waals surface area contributed by atoms with Gasteiger partial charge >= 0.3 is 0 Å². The van der Waals surface area contributed by atoms with Gasteiger partial charge in [-0.25, -0.2) is 4.98 Å². The molecule has 1 aromatic heterocycles. The lowest BCUT2D eigenvalue weighted by atomic mass is 9.94. The molecule has 0 unspecified atom stereocenters. The standard InChI is InChI=1S/C28H28N2O3/c1-28(18-31)19-32-27(33-20-28)26-29-24(22-13-7-3-8-14-22)25(23-15-9-4-10-16-23)30(26)17-21-11-5-2-6-12-21/h2-16,27,31H,17-20H2,1H3. The Bertz CT molecular complexity index is 1180. The summed E-state index contributed by atoms with van der Waals surface area (Å²) < 4.78 is 14.5. The van der Waals surface area contributed by atoms with Crippen molar-refractivity contribution in [2.24, 2.45) is 5.41 Å².